The molecular weight excluding hydrogens is 191 g/mol. The Balaban J connectivity index is 3.27. The van der Waals surface area contributed by atoms with Crippen LogP contribution in [-0.2, 0) is 0 Å². The molecule has 0 aliphatic carbocycles. The first-order valence-corrected chi connectivity index (χ1v) is 3.02. The van der Waals surface area contributed by atoms with E-state index in [2.05, 4.69) is 14.8 Å². The number of anilines is 1. The summed E-state index contributed by atoms with van der Waals surface area (Å²) in [6.45, 7) is 0. The molecule has 2 N–H and O–H groups in total. The molecule has 1 aromatic rings. The lowest BCUT2D eigenvalue weighted by Gasteiger charge is -2.05. The lowest BCUT2D eigenvalue weighted by molar-refractivity contribution is -0.0551. The Morgan fingerprint density at radius 2 is 1.54 bits per heavy atom. The lowest BCUT2D eigenvalue weighted by Crippen LogP contribution is -1.94. The van der Waals surface area contributed by atoms with Gasteiger partial charge in [0, 0.05) is 13.6 Å². The summed E-state index contributed by atoms with van der Waals surface area (Å²) in [7, 11) is 0. The highest BCUT2D eigenvalue weighted by molar-refractivity contribution is 5.65. The SMILES string of the molecule is Nc1ccc(OF)c(OF)c1OF. The first-order chi connectivity index (χ1) is 6.24. The van der Waals surface area contributed by atoms with E-state index in [4.69, 9.17) is 5.73 Å². The van der Waals surface area contributed by atoms with Crippen molar-refractivity contribution in [1.82, 2.24) is 0 Å². The van der Waals surface area contributed by atoms with Crippen LogP contribution in [0.15, 0.2) is 12.1 Å². The van der Waals surface area contributed by atoms with Crippen LogP contribution in [0.25, 0.3) is 0 Å². The third-order valence-corrected chi connectivity index (χ3v) is 1.34. The van der Waals surface area contributed by atoms with Crippen molar-refractivity contribution in [2.45, 2.75) is 0 Å². The third kappa shape index (κ3) is 1.53. The van der Waals surface area contributed by atoms with Gasteiger partial charge in [-0.1, -0.05) is 0 Å². The Kier molecular flexibility index (Phi) is 2.68. The predicted octanol–water partition coefficient (Wildman–Crippen LogP) is 2.06. The van der Waals surface area contributed by atoms with Crippen molar-refractivity contribution in [3.63, 3.8) is 0 Å². The molecule has 0 aromatic heterocycles. The fourth-order valence-corrected chi connectivity index (χ4v) is 0.773. The van der Waals surface area contributed by atoms with Crippen LogP contribution in [0.5, 0.6) is 17.2 Å². The van der Waals surface area contributed by atoms with E-state index >= 15 is 0 Å². The van der Waals surface area contributed by atoms with Crippen molar-refractivity contribution < 1.29 is 28.4 Å². The molecule has 0 bridgehead atoms. The van der Waals surface area contributed by atoms with E-state index in [1.807, 2.05) is 0 Å². The van der Waals surface area contributed by atoms with Crippen LogP contribution in [0.1, 0.15) is 0 Å². The molecule has 0 radical (unpaired) electrons. The molecule has 0 aliphatic rings. The molecule has 0 fully saturated rings. The molecule has 0 atom stereocenters. The highest BCUT2D eigenvalue weighted by Gasteiger charge is 2.19. The van der Waals surface area contributed by atoms with Crippen molar-refractivity contribution in [2.75, 3.05) is 5.73 Å². The van der Waals surface area contributed by atoms with Crippen molar-refractivity contribution in [1.29, 1.82) is 0 Å². The van der Waals surface area contributed by atoms with E-state index in [0.717, 1.165) is 12.1 Å². The van der Waals surface area contributed by atoms with Crippen molar-refractivity contribution >= 4 is 5.69 Å². The third-order valence-electron chi connectivity index (χ3n) is 1.34. The molecule has 0 heterocycles. The molecule has 4 nitrogen and oxygen atoms in total. The van der Waals surface area contributed by atoms with Gasteiger partial charge in [-0.15, -0.1) is 0 Å². The van der Waals surface area contributed by atoms with Crippen LogP contribution in [0.4, 0.5) is 19.3 Å². The quantitative estimate of drug-likeness (QED) is 0.750. The van der Waals surface area contributed by atoms with Gasteiger partial charge in [-0.2, -0.15) is 0 Å². The maximum atomic E-state index is 11.8. The largest absolute Gasteiger partial charge is 0.395 e. The first-order valence-electron chi connectivity index (χ1n) is 3.02. The summed E-state index contributed by atoms with van der Waals surface area (Å²) < 4.78 is 35.2. The molecular formula is C6H4F3NO3. The van der Waals surface area contributed by atoms with Gasteiger partial charge in [0.25, 0.3) is 5.75 Å². The zero-order valence-corrected chi connectivity index (χ0v) is 6.09. The minimum atomic E-state index is -0.898. The molecule has 7 heteroatoms. The number of nitrogen functional groups attached to an aromatic ring is 1. The molecule has 1 rings (SSSR count). The fraction of sp³-hybridized carbons (Fsp3) is 0. The molecule has 0 spiro atoms. The van der Waals surface area contributed by atoms with E-state index in [9.17, 15) is 13.6 Å². The smallest absolute Gasteiger partial charge is 0.266 e. The van der Waals surface area contributed by atoms with Gasteiger partial charge in [0.2, 0.25) is 11.5 Å². The van der Waals surface area contributed by atoms with E-state index in [1.165, 1.54) is 0 Å². The zero-order valence-electron chi connectivity index (χ0n) is 6.09. The predicted molar refractivity (Wildman–Crippen MR) is 36.1 cm³/mol. The van der Waals surface area contributed by atoms with Gasteiger partial charge in [0.1, 0.15) is 0 Å². The highest BCUT2D eigenvalue weighted by atomic mass is 19.3. The Morgan fingerprint density at radius 1 is 0.923 bits per heavy atom. The van der Waals surface area contributed by atoms with Crippen LogP contribution >= 0.6 is 0 Å². The summed E-state index contributed by atoms with van der Waals surface area (Å²) in [6.07, 6.45) is 0. The lowest BCUT2D eigenvalue weighted by atomic mass is 10.2. The van der Waals surface area contributed by atoms with Crippen LogP contribution < -0.4 is 20.6 Å². The minimum absolute atomic E-state index is 0.254. The number of nitrogens with two attached hydrogens (primary N) is 1. The Hall–Kier alpha value is -1.79. The molecule has 13 heavy (non-hydrogen) atoms. The summed E-state index contributed by atoms with van der Waals surface area (Å²) in [4.78, 5) is 9.47. The van der Waals surface area contributed by atoms with Gasteiger partial charge in [0.15, 0.2) is 0 Å². The molecule has 72 valence electrons. The molecule has 0 unspecified atom stereocenters. The summed E-state index contributed by atoms with van der Waals surface area (Å²) >= 11 is 0. The van der Waals surface area contributed by atoms with Gasteiger partial charge in [0.05, 0.1) is 5.69 Å². The Morgan fingerprint density at radius 3 is 2.00 bits per heavy atom. The molecule has 0 saturated heterocycles. The van der Waals surface area contributed by atoms with Gasteiger partial charge < -0.3 is 5.73 Å². The van der Waals surface area contributed by atoms with Gasteiger partial charge >= 0.3 is 0 Å². The summed E-state index contributed by atoms with van der Waals surface area (Å²) in [5.74, 6) is -2.35. The number of rotatable bonds is 3. The summed E-state index contributed by atoms with van der Waals surface area (Å²) in [5.41, 5.74) is 4.89. The molecule has 0 saturated carbocycles. The van der Waals surface area contributed by atoms with Crippen molar-refractivity contribution in [3.8, 4) is 17.2 Å². The van der Waals surface area contributed by atoms with Gasteiger partial charge in [-0.05, 0) is 12.1 Å². The van der Waals surface area contributed by atoms with E-state index in [0.29, 0.717) is 0 Å². The van der Waals surface area contributed by atoms with Gasteiger partial charge in [-0.3, -0.25) is 14.8 Å². The van der Waals surface area contributed by atoms with Crippen molar-refractivity contribution in [2.24, 2.45) is 0 Å². The monoisotopic (exact) mass is 195 g/mol. The van der Waals surface area contributed by atoms with Gasteiger partial charge in [-0.25, -0.2) is 0 Å². The van der Waals surface area contributed by atoms with Crippen LogP contribution in [0.3, 0.4) is 0 Å². The molecule has 1 aromatic carbocycles. The normalized spacial score (nSPS) is 9.46. The Labute approximate surface area is 70.3 Å². The maximum Gasteiger partial charge on any atom is 0.266 e. The van der Waals surface area contributed by atoms with Crippen molar-refractivity contribution in [3.05, 3.63) is 12.1 Å². The molecule has 0 aliphatic heterocycles. The first kappa shape index (κ1) is 9.30. The van der Waals surface area contributed by atoms with E-state index in [1.54, 1.807) is 0 Å². The average Bonchev–Trinajstić information content (AvgIpc) is 2.17. The van der Waals surface area contributed by atoms with E-state index < -0.39 is 17.2 Å². The number of hydrogen-bond donors (Lipinski definition) is 1. The second kappa shape index (κ2) is 3.74. The van der Waals surface area contributed by atoms with Crippen LogP contribution in [0, 0.1) is 0 Å². The minimum Gasteiger partial charge on any atom is -0.395 e. The fourth-order valence-electron chi connectivity index (χ4n) is 0.773. The number of hydrogen-bond acceptors (Lipinski definition) is 4. The second-order valence-electron chi connectivity index (χ2n) is 2.04. The Bertz CT molecular complexity index is 307. The average molecular weight is 195 g/mol. The molecule has 0 amide bonds. The summed E-state index contributed by atoms with van der Waals surface area (Å²) in [5, 5.41) is 0. The number of halogens is 3. The topological polar surface area (TPSA) is 53.7 Å². The maximum absolute atomic E-state index is 11.8. The summed E-state index contributed by atoms with van der Waals surface area (Å²) in [6, 6.07) is 2.01. The number of benzene rings is 1. The second-order valence-corrected chi connectivity index (χ2v) is 2.04. The van der Waals surface area contributed by atoms with Crippen LogP contribution in [0.2, 0.25) is 0 Å². The van der Waals surface area contributed by atoms with E-state index in [-0.39, 0.29) is 5.69 Å². The van der Waals surface area contributed by atoms with Crippen LogP contribution in [-0.4, -0.2) is 0 Å². The standard InChI is InChI=1S/C6H4F3NO3/c7-11-4-2-1-3(10)5(12-8)6(4)13-9/h1-2H,10H2. The highest BCUT2D eigenvalue weighted by Crippen LogP contribution is 2.42. The zero-order chi connectivity index (χ0) is 9.84.